The standard InChI is InChI=1S/C14H17N5O2/c1-19-10-11(9-16-19)3-2-6-15-14-17-13(18-21-14)12-4-7-20-8-5-12/h9-10,12H,4-8H2,1H3,(H,15,17,18). The molecule has 1 saturated heterocycles. The highest BCUT2D eigenvalue weighted by Crippen LogP contribution is 2.24. The third kappa shape index (κ3) is 3.61. The molecule has 110 valence electrons. The summed E-state index contributed by atoms with van der Waals surface area (Å²) in [5.41, 5.74) is 0.882. The van der Waals surface area contributed by atoms with Gasteiger partial charge in [-0.05, 0) is 12.8 Å². The summed E-state index contributed by atoms with van der Waals surface area (Å²) in [6.45, 7) is 1.97. The van der Waals surface area contributed by atoms with E-state index in [1.807, 2.05) is 13.2 Å². The lowest BCUT2D eigenvalue weighted by atomic mass is 10.00. The van der Waals surface area contributed by atoms with E-state index in [0.29, 0.717) is 18.5 Å². The zero-order valence-corrected chi connectivity index (χ0v) is 11.9. The molecule has 2 aromatic heterocycles. The first-order valence-corrected chi connectivity index (χ1v) is 6.94. The van der Waals surface area contributed by atoms with E-state index in [2.05, 4.69) is 32.4 Å². The normalized spacial score (nSPS) is 15.5. The molecular formula is C14H17N5O2. The number of hydrogen-bond donors (Lipinski definition) is 1. The van der Waals surface area contributed by atoms with E-state index in [1.54, 1.807) is 10.9 Å². The lowest BCUT2D eigenvalue weighted by Crippen LogP contribution is -2.15. The molecule has 1 fully saturated rings. The topological polar surface area (TPSA) is 78.0 Å². The molecule has 0 aromatic carbocycles. The molecule has 21 heavy (non-hydrogen) atoms. The number of aryl methyl sites for hydroxylation is 1. The fourth-order valence-corrected chi connectivity index (χ4v) is 2.18. The summed E-state index contributed by atoms with van der Waals surface area (Å²) in [7, 11) is 1.86. The molecular weight excluding hydrogens is 270 g/mol. The van der Waals surface area contributed by atoms with E-state index in [0.717, 1.165) is 37.4 Å². The molecule has 0 saturated carbocycles. The van der Waals surface area contributed by atoms with Crippen molar-refractivity contribution in [2.24, 2.45) is 7.05 Å². The van der Waals surface area contributed by atoms with Gasteiger partial charge in [-0.2, -0.15) is 10.1 Å². The summed E-state index contributed by atoms with van der Waals surface area (Å²) in [5, 5.41) is 11.1. The van der Waals surface area contributed by atoms with Gasteiger partial charge in [0.2, 0.25) is 0 Å². The molecule has 1 N–H and O–H groups in total. The van der Waals surface area contributed by atoms with Gasteiger partial charge in [-0.1, -0.05) is 17.0 Å². The first kappa shape index (κ1) is 13.6. The van der Waals surface area contributed by atoms with Crippen LogP contribution in [0.15, 0.2) is 16.9 Å². The van der Waals surface area contributed by atoms with Gasteiger partial charge in [0.1, 0.15) is 0 Å². The summed E-state index contributed by atoms with van der Waals surface area (Å²) < 4.78 is 12.2. The van der Waals surface area contributed by atoms with Crippen molar-refractivity contribution in [3.63, 3.8) is 0 Å². The molecule has 1 aliphatic heterocycles. The Hall–Kier alpha value is -2.33. The van der Waals surface area contributed by atoms with Crippen molar-refractivity contribution in [3.05, 3.63) is 23.8 Å². The van der Waals surface area contributed by atoms with Crippen LogP contribution in [0.5, 0.6) is 0 Å². The van der Waals surface area contributed by atoms with E-state index < -0.39 is 0 Å². The number of ether oxygens (including phenoxy) is 1. The Kier molecular flexibility index (Phi) is 4.17. The van der Waals surface area contributed by atoms with Crippen LogP contribution in [-0.4, -0.2) is 39.7 Å². The summed E-state index contributed by atoms with van der Waals surface area (Å²) >= 11 is 0. The lowest BCUT2D eigenvalue weighted by molar-refractivity contribution is 0.0830. The van der Waals surface area contributed by atoms with Crippen LogP contribution in [0.1, 0.15) is 30.1 Å². The van der Waals surface area contributed by atoms with Gasteiger partial charge in [-0.25, -0.2) is 0 Å². The number of aromatic nitrogens is 4. The van der Waals surface area contributed by atoms with Crippen LogP contribution in [0.2, 0.25) is 0 Å². The van der Waals surface area contributed by atoms with Gasteiger partial charge in [0, 0.05) is 32.4 Å². The lowest BCUT2D eigenvalue weighted by Gasteiger charge is -2.18. The van der Waals surface area contributed by atoms with E-state index in [9.17, 15) is 0 Å². The van der Waals surface area contributed by atoms with Gasteiger partial charge >= 0.3 is 6.01 Å². The van der Waals surface area contributed by atoms with Gasteiger partial charge in [-0.15, -0.1) is 0 Å². The molecule has 3 rings (SSSR count). The predicted octanol–water partition coefficient (Wildman–Crippen LogP) is 1.16. The van der Waals surface area contributed by atoms with Crippen LogP contribution in [0, 0.1) is 11.8 Å². The zero-order valence-electron chi connectivity index (χ0n) is 11.9. The van der Waals surface area contributed by atoms with Gasteiger partial charge in [0.05, 0.1) is 18.3 Å². The van der Waals surface area contributed by atoms with Gasteiger partial charge in [-0.3, -0.25) is 4.68 Å². The molecule has 0 amide bonds. The van der Waals surface area contributed by atoms with Crippen molar-refractivity contribution in [1.29, 1.82) is 0 Å². The minimum absolute atomic E-state index is 0.333. The maximum Gasteiger partial charge on any atom is 0.322 e. The molecule has 0 unspecified atom stereocenters. The molecule has 0 bridgehead atoms. The van der Waals surface area contributed by atoms with E-state index in [1.165, 1.54) is 0 Å². The van der Waals surface area contributed by atoms with E-state index in [-0.39, 0.29) is 0 Å². The Morgan fingerprint density at radius 3 is 3.05 bits per heavy atom. The average molecular weight is 287 g/mol. The number of rotatable bonds is 3. The van der Waals surface area contributed by atoms with Crippen molar-refractivity contribution < 1.29 is 9.26 Å². The van der Waals surface area contributed by atoms with Crippen molar-refractivity contribution in [3.8, 4) is 11.8 Å². The molecule has 7 heteroatoms. The Morgan fingerprint density at radius 1 is 1.43 bits per heavy atom. The monoisotopic (exact) mass is 287 g/mol. The molecule has 1 aliphatic rings. The number of nitrogens with zero attached hydrogens (tertiary/aromatic N) is 4. The van der Waals surface area contributed by atoms with Gasteiger partial charge < -0.3 is 14.6 Å². The van der Waals surface area contributed by atoms with Crippen LogP contribution in [-0.2, 0) is 11.8 Å². The van der Waals surface area contributed by atoms with Gasteiger partial charge in [0.15, 0.2) is 5.82 Å². The first-order chi connectivity index (χ1) is 10.3. The second kappa shape index (κ2) is 6.41. The van der Waals surface area contributed by atoms with Crippen LogP contribution < -0.4 is 5.32 Å². The Labute approximate surface area is 122 Å². The third-order valence-electron chi connectivity index (χ3n) is 3.29. The molecule has 3 heterocycles. The maximum absolute atomic E-state index is 5.32. The number of nitrogens with one attached hydrogen (secondary N) is 1. The van der Waals surface area contributed by atoms with Crippen molar-refractivity contribution in [2.75, 3.05) is 25.1 Å². The molecule has 0 aliphatic carbocycles. The summed E-state index contributed by atoms with van der Waals surface area (Å²) in [5.74, 6) is 7.08. The fourth-order valence-electron chi connectivity index (χ4n) is 2.18. The number of hydrogen-bond acceptors (Lipinski definition) is 6. The van der Waals surface area contributed by atoms with Crippen LogP contribution in [0.3, 0.4) is 0 Å². The van der Waals surface area contributed by atoms with Crippen molar-refractivity contribution >= 4 is 6.01 Å². The largest absolute Gasteiger partial charge is 0.381 e. The third-order valence-corrected chi connectivity index (χ3v) is 3.29. The molecule has 0 spiro atoms. The van der Waals surface area contributed by atoms with Crippen LogP contribution in [0.4, 0.5) is 6.01 Å². The molecule has 2 aromatic rings. The van der Waals surface area contributed by atoms with E-state index >= 15 is 0 Å². The minimum atomic E-state index is 0.333. The Bertz CT molecular complexity index is 646. The highest BCUT2D eigenvalue weighted by Gasteiger charge is 2.21. The summed E-state index contributed by atoms with van der Waals surface area (Å²) in [6, 6.07) is 0.414. The quantitative estimate of drug-likeness (QED) is 0.854. The molecule has 0 radical (unpaired) electrons. The SMILES string of the molecule is Cn1cc(C#CCNc2nc(C3CCOCC3)no2)cn1. The van der Waals surface area contributed by atoms with Crippen LogP contribution >= 0.6 is 0 Å². The minimum Gasteiger partial charge on any atom is -0.381 e. The average Bonchev–Trinajstić information content (AvgIpc) is 3.14. The second-order valence-electron chi connectivity index (χ2n) is 4.90. The van der Waals surface area contributed by atoms with E-state index in [4.69, 9.17) is 9.26 Å². The second-order valence-corrected chi connectivity index (χ2v) is 4.90. The fraction of sp³-hybridized carbons (Fsp3) is 0.500. The highest BCUT2D eigenvalue weighted by atomic mass is 16.5. The molecule has 7 nitrogen and oxygen atoms in total. The maximum atomic E-state index is 5.32. The van der Waals surface area contributed by atoms with Gasteiger partial charge in [0.25, 0.3) is 0 Å². The number of anilines is 1. The summed E-state index contributed by atoms with van der Waals surface area (Å²) in [6.07, 6.45) is 5.48. The Morgan fingerprint density at radius 2 is 2.29 bits per heavy atom. The highest BCUT2D eigenvalue weighted by molar-refractivity contribution is 5.32. The predicted molar refractivity (Wildman–Crippen MR) is 75.7 cm³/mol. The molecule has 0 atom stereocenters. The van der Waals surface area contributed by atoms with Crippen molar-refractivity contribution in [2.45, 2.75) is 18.8 Å². The zero-order chi connectivity index (χ0) is 14.5. The van der Waals surface area contributed by atoms with Crippen molar-refractivity contribution in [1.82, 2.24) is 19.9 Å². The Balaban J connectivity index is 1.52. The summed E-state index contributed by atoms with van der Waals surface area (Å²) in [4.78, 5) is 4.35. The smallest absolute Gasteiger partial charge is 0.322 e. The van der Waals surface area contributed by atoms with Crippen LogP contribution in [0.25, 0.3) is 0 Å². The first-order valence-electron chi connectivity index (χ1n) is 6.94.